The lowest BCUT2D eigenvalue weighted by atomic mass is 9.96. The van der Waals surface area contributed by atoms with Crippen LogP contribution in [0.15, 0.2) is 30.3 Å². The van der Waals surface area contributed by atoms with Crippen molar-refractivity contribution in [1.29, 1.82) is 0 Å². The van der Waals surface area contributed by atoms with Crippen molar-refractivity contribution in [3.63, 3.8) is 0 Å². The zero-order chi connectivity index (χ0) is 16.8. The Bertz CT molecular complexity index is 493. The Hall–Kier alpha value is -0.810. The van der Waals surface area contributed by atoms with E-state index in [1.54, 1.807) is 0 Å². The Labute approximate surface area is 164 Å². The molecule has 1 saturated heterocycles. The maximum atomic E-state index is 12.5. The molecular weight excluding hydrogens is 357 g/mol. The SMILES string of the molecule is CCC(C)C(N)C(=O)N(C)C1CCN(Cc2ccccc2)CC1.Cl.Cl. The number of nitrogens with two attached hydrogens (primary N) is 1. The van der Waals surface area contributed by atoms with Gasteiger partial charge in [0, 0.05) is 32.7 Å². The molecule has 0 aliphatic carbocycles. The van der Waals surface area contributed by atoms with Gasteiger partial charge in [-0.05, 0) is 24.3 Å². The Balaban J connectivity index is 0.00000288. The van der Waals surface area contributed by atoms with Crippen LogP contribution in [0, 0.1) is 5.92 Å². The number of likely N-dealkylation sites (tertiary alicyclic amines) is 1. The van der Waals surface area contributed by atoms with Crippen molar-refractivity contribution in [3.05, 3.63) is 35.9 Å². The quantitative estimate of drug-likeness (QED) is 0.811. The molecule has 1 aliphatic rings. The average molecular weight is 390 g/mol. The van der Waals surface area contributed by atoms with Crippen LogP contribution in [-0.4, -0.2) is 47.9 Å². The summed E-state index contributed by atoms with van der Waals surface area (Å²) in [5, 5.41) is 0. The molecule has 2 atom stereocenters. The van der Waals surface area contributed by atoms with Gasteiger partial charge in [0.25, 0.3) is 0 Å². The standard InChI is InChI=1S/C19H31N3O.2ClH/c1-4-15(2)18(20)19(23)21(3)17-10-12-22(13-11-17)14-16-8-6-5-7-9-16;;/h5-9,15,17-18H,4,10-14,20H2,1-3H3;2*1H. The summed E-state index contributed by atoms with van der Waals surface area (Å²) in [6.07, 6.45) is 3.00. The van der Waals surface area contributed by atoms with E-state index < -0.39 is 0 Å². The van der Waals surface area contributed by atoms with E-state index in [0.29, 0.717) is 6.04 Å². The van der Waals surface area contributed by atoms with Crippen LogP contribution in [0.4, 0.5) is 0 Å². The Morgan fingerprint density at radius 2 is 1.80 bits per heavy atom. The second-order valence-electron chi connectivity index (χ2n) is 6.85. The van der Waals surface area contributed by atoms with Crippen LogP contribution < -0.4 is 5.73 Å². The van der Waals surface area contributed by atoms with Crippen molar-refractivity contribution in [2.24, 2.45) is 11.7 Å². The summed E-state index contributed by atoms with van der Waals surface area (Å²) < 4.78 is 0. The van der Waals surface area contributed by atoms with Gasteiger partial charge in [0.2, 0.25) is 5.91 Å². The number of carbonyl (C=O) groups is 1. The molecule has 1 aliphatic heterocycles. The van der Waals surface area contributed by atoms with E-state index >= 15 is 0 Å². The number of halogens is 2. The Morgan fingerprint density at radius 3 is 2.32 bits per heavy atom. The Kier molecular flexibility index (Phi) is 11.4. The fraction of sp³-hybridized carbons (Fsp3) is 0.632. The molecule has 0 bridgehead atoms. The van der Waals surface area contributed by atoms with Crippen molar-refractivity contribution < 1.29 is 4.79 Å². The molecule has 144 valence electrons. The van der Waals surface area contributed by atoms with Gasteiger partial charge in [-0.25, -0.2) is 0 Å². The highest BCUT2D eigenvalue weighted by atomic mass is 35.5. The first-order valence-corrected chi connectivity index (χ1v) is 8.81. The number of piperidine rings is 1. The number of amides is 1. The molecular formula is C19H33Cl2N3O. The van der Waals surface area contributed by atoms with E-state index in [9.17, 15) is 4.79 Å². The summed E-state index contributed by atoms with van der Waals surface area (Å²) in [4.78, 5) is 16.9. The van der Waals surface area contributed by atoms with Gasteiger partial charge in [-0.1, -0.05) is 50.6 Å². The number of rotatable bonds is 6. The predicted octanol–water partition coefficient (Wildman–Crippen LogP) is 3.33. The fourth-order valence-corrected chi connectivity index (χ4v) is 3.22. The maximum Gasteiger partial charge on any atom is 0.239 e. The number of carbonyl (C=O) groups excluding carboxylic acids is 1. The lowest BCUT2D eigenvalue weighted by Gasteiger charge is -2.38. The van der Waals surface area contributed by atoms with Gasteiger partial charge in [-0.15, -0.1) is 24.8 Å². The van der Waals surface area contributed by atoms with Gasteiger partial charge in [0.15, 0.2) is 0 Å². The van der Waals surface area contributed by atoms with Crippen molar-refractivity contribution in [1.82, 2.24) is 9.80 Å². The lowest BCUT2D eigenvalue weighted by Crippen LogP contribution is -2.52. The van der Waals surface area contributed by atoms with Gasteiger partial charge in [-0.2, -0.15) is 0 Å². The normalized spacial score (nSPS) is 17.8. The number of benzene rings is 1. The molecule has 6 heteroatoms. The summed E-state index contributed by atoms with van der Waals surface area (Å²) >= 11 is 0. The molecule has 1 heterocycles. The number of hydrogen-bond acceptors (Lipinski definition) is 3. The van der Waals surface area contributed by atoms with Crippen LogP contribution in [0.2, 0.25) is 0 Å². The second-order valence-corrected chi connectivity index (χ2v) is 6.85. The molecule has 1 aromatic rings. The molecule has 0 aromatic heterocycles. The molecule has 4 nitrogen and oxygen atoms in total. The van der Waals surface area contributed by atoms with Crippen molar-refractivity contribution in [2.75, 3.05) is 20.1 Å². The van der Waals surface area contributed by atoms with Crippen molar-refractivity contribution in [2.45, 2.75) is 51.7 Å². The first-order valence-electron chi connectivity index (χ1n) is 8.81. The van der Waals surface area contributed by atoms with Gasteiger partial charge in [-0.3, -0.25) is 9.69 Å². The van der Waals surface area contributed by atoms with Crippen LogP contribution in [0.3, 0.4) is 0 Å². The van der Waals surface area contributed by atoms with Crippen LogP contribution in [0.25, 0.3) is 0 Å². The van der Waals surface area contributed by atoms with Crippen molar-refractivity contribution >= 4 is 30.7 Å². The van der Waals surface area contributed by atoms with E-state index in [0.717, 1.165) is 38.9 Å². The highest BCUT2D eigenvalue weighted by Gasteiger charge is 2.29. The van der Waals surface area contributed by atoms with E-state index in [1.807, 2.05) is 11.9 Å². The molecule has 2 rings (SSSR count). The topological polar surface area (TPSA) is 49.6 Å². The maximum absolute atomic E-state index is 12.5. The lowest BCUT2D eigenvalue weighted by molar-refractivity contribution is -0.135. The first-order chi connectivity index (χ1) is 11.0. The molecule has 2 N–H and O–H groups in total. The molecule has 0 spiro atoms. The molecule has 0 saturated carbocycles. The summed E-state index contributed by atoms with van der Waals surface area (Å²) in [5.41, 5.74) is 7.46. The minimum Gasteiger partial charge on any atom is -0.341 e. The molecule has 25 heavy (non-hydrogen) atoms. The summed E-state index contributed by atoms with van der Waals surface area (Å²) in [5.74, 6) is 0.337. The zero-order valence-electron chi connectivity index (χ0n) is 15.6. The number of likely N-dealkylation sites (N-methyl/N-ethyl adjacent to an activating group) is 1. The minimum atomic E-state index is -0.368. The third-order valence-corrected chi connectivity index (χ3v) is 5.24. The first kappa shape index (κ1) is 24.2. The van der Waals surface area contributed by atoms with Crippen LogP contribution in [0.1, 0.15) is 38.7 Å². The third kappa shape index (κ3) is 6.78. The number of nitrogens with zero attached hydrogens (tertiary/aromatic N) is 2. The molecule has 0 radical (unpaired) electrons. The van der Waals surface area contributed by atoms with E-state index in [-0.39, 0.29) is 42.7 Å². The second kappa shape index (κ2) is 11.7. The predicted molar refractivity (Wildman–Crippen MR) is 109 cm³/mol. The summed E-state index contributed by atoms with van der Waals surface area (Å²) in [6.45, 7) is 7.21. The monoisotopic (exact) mass is 389 g/mol. The molecule has 1 aromatic carbocycles. The van der Waals surface area contributed by atoms with Gasteiger partial charge in [0.1, 0.15) is 0 Å². The fourth-order valence-electron chi connectivity index (χ4n) is 3.22. The van der Waals surface area contributed by atoms with Crippen LogP contribution in [-0.2, 0) is 11.3 Å². The minimum absolute atomic E-state index is 0. The van der Waals surface area contributed by atoms with Crippen LogP contribution in [0.5, 0.6) is 0 Å². The summed E-state index contributed by atoms with van der Waals surface area (Å²) in [7, 11) is 1.92. The molecule has 2 unspecified atom stereocenters. The van der Waals surface area contributed by atoms with Gasteiger partial charge >= 0.3 is 0 Å². The summed E-state index contributed by atoms with van der Waals surface area (Å²) in [6, 6.07) is 10.5. The van der Waals surface area contributed by atoms with Gasteiger partial charge in [0.05, 0.1) is 6.04 Å². The zero-order valence-corrected chi connectivity index (χ0v) is 17.2. The molecule has 1 amide bonds. The highest BCUT2D eigenvalue weighted by molar-refractivity contribution is 5.85. The molecule has 1 fully saturated rings. The van der Waals surface area contributed by atoms with Gasteiger partial charge < -0.3 is 10.6 Å². The van der Waals surface area contributed by atoms with Crippen LogP contribution >= 0.6 is 24.8 Å². The highest BCUT2D eigenvalue weighted by Crippen LogP contribution is 2.19. The third-order valence-electron chi connectivity index (χ3n) is 5.24. The number of hydrogen-bond donors (Lipinski definition) is 1. The van der Waals surface area contributed by atoms with E-state index in [4.69, 9.17) is 5.73 Å². The van der Waals surface area contributed by atoms with E-state index in [1.165, 1.54) is 5.56 Å². The van der Waals surface area contributed by atoms with Crippen molar-refractivity contribution in [3.8, 4) is 0 Å². The Morgan fingerprint density at radius 1 is 1.24 bits per heavy atom. The smallest absolute Gasteiger partial charge is 0.239 e. The average Bonchev–Trinajstić information content (AvgIpc) is 2.60. The van der Waals surface area contributed by atoms with E-state index in [2.05, 4.69) is 49.1 Å². The largest absolute Gasteiger partial charge is 0.341 e.